The lowest BCUT2D eigenvalue weighted by molar-refractivity contribution is -0.646. The first-order valence-corrected chi connectivity index (χ1v) is 9.53. The van der Waals surface area contributed by atoms with Gasteiger partial charge in [0, 0.05) is 19.2 Å². The first kappa shape index (κ1) is 23.8. The Bertz CT molecular complexity index is 1070. The highest BCUT2D eigenvalue weighted by Gasteiger charge is 2.12. The van der Waals surface area contributed by atoms with Crippen molar-refractivity contribution in [1.29, 1.82) is 0 Å². The van der Waals surface area contributed by atoms with Crippen LogP contribution in [0.2, 0.25) is 0 Å². The Labute approximate surface area is 198 Å². The standard InChI is InChI=1S/C22H25N6.2BrH/c1-17-5-3-6-21-27(2)20(16-28(17)21)12-11-18-7-9-19(10-8-18)15-25-26-22-23-13-4-14-24-22;;/h3,5-12,15-16H,4,13-14H2,1-2H3,(H2,23,24,26);2*1H/q+1;;/p-1/b12-11+,25-15+;;. The number of guanidine groups is 1. The maximum absolute atomic E-state index is 4.32. The molecule has 6 nitrogen and oxygen atoms in total. The van der Waals surface area contributed by atoms with Crippen molar-refractivity contribution in [2.75, 3.05) is 13.1 Å². The number of hydrogen-bond acceptors (Lipinski definition) is 4. The highest BCUT2D eigenvalue weighted by molar-refractivity contribution is 8.93. The van der Waals surface area contributed by atoms with Crippen LogP contribution in [0.25, 0.3) is 17.8 Å². The van der Waals surface area contributed by atoms with Gasteiger partial charge in [0.15, 0.2) is 5.69 Å². The maximum Gasteiger partial charge on any atom is 0.286 e. The molecule has 0 unspecified atom stereocenters. The highest BCUT2D eigenvalue weighted by Crippen LogP contribution is 2.10. The lowest BCUT2D eigenvalue weighted by Gasteiger charge is -2.12. The Morgan fingerprint density at radius 2 is 1.90 bits per heavy atom. The summed E-state index contributed by atoms with van der Waals surface area (Å²) in [5.41, 5.74) is 8.69. The minimum absolute atomic E-state index is 0. The number of aromatic nitrogens is 2. The van der Waals surface area contributed by atoms with Crippen LogP contribution >= 0.6 is 17.0 Å². The molecule has 2 N–H and O–H groups in total. The molecular weight excluding hydrogens is 508 g/mol. The van der Waals surface area contributed by atoms with Gasteiger partial charge < -0.3 is 22.3 Å². The van der Waals surface area contributed by atoms with Crippen molar-refractivity contribution in [1.82, 2.24) is 15.1 Å². The zero-order chi connectivity index (χ0) is 19.3. The van der Waals surface area contributed by atoms with E-state index in [0.29, 0.717) is 0 Å². The van der Waals surface area contributed by atoms with Gasteiger partial charge in [-0.3, -0.25) is 4.99 Å². The van der Waals surface area contributed by atoms with E-state index in [1.54, 1.807) is 6.21 Å². The predicted molar refractivity (Wildman–Crippen MR) is 125 cm³/mol. The molecule has 3 heterocycles. The monoisotopic (exact) mass is 532 g/mol. The summed E-state index contributed by atoms with van der Waals surface area (Å²) in [6.45, 7) is 3.91. The van der Waals surface area contributed by atoms with E-state index in [1.807, 2.05) is 0 Å². The molecule has 3 aromatic rings. The van der Waals surface area contributed by atoms with Crippen molar-refractivity contribution in [2.45, 2.75) is 13.3 Å². The number of benzene rings is 1. The largest absolute Gasteiger partial charge is 1.00 e. The molecule has 0 radical (unpaired) electrons. The third kappa shape index (κ3) is 5.58. The topological polar surface area (TPSA) is 57.1 Å². The molecule has 158 valence electrons. The summed E-state index contributed by atoms with van der Waals surface area (Å²) in [5, 5.41) is 7.42. The number of imidazole rings is 1. The van der Waals surface area contributed by atoms with Gasteiger partial charge >= 0.3 is 0 Å². The van der Waals surface area contributed by atoms with Crippen molar-refractivity contribution < 1.29 is 21.5 Å². The Hall–Kier alpha value is -2.45. The Kier molecular flexibility index (Phi) is 8.80. The molecule has 0 saturated carbocycles. The lowest BCUT2D eigenvalue weighted by Crippen LogP contribution is -3.00. The van der Waals surface area contributed by atoms with E-state index in [-0.39, 0.29) is 34.0 Å². The second-order valence-electron chi connectivity index (χ2n) is 6.89. The number of rotatable bonds is 4. The quantitative estimate of drug-likeness (QED) is 0.284. The van der Waals surface area contributed by atoms with Crippen LogP contribution in [0.5, 0.6) is 0 Å². The van der Waals surface area contributed by atoms with Crippen LogP contribution in [0, 0.1) is 6.92 Å². The smallest absolute Gasteiger partial charge is 0.286 e. The fourth-order valence-electron chi connectivity index (χ4n) is 3.21. The van der Waals surface area contributed by atoms with E-state index in [9.17, 15) is 0 Å². The van der Waals surface area contributed by atoms with Gasteiger partial charge in [-0.1, -0.05) is 36.4 Å². The van der Waals surface area contributed by atoms with Crippen LogP contribution in [-0.4, -0.2) is 29.7 Å². The molecule has 0 aliphatic carbocycles. The summed E-state index contributed by atoms with van der Waals surface area (Å²) in [7, 11) is 2.09. The normalized spacial score (nSPS) is 13.6. The number of hydrazone groups is 1. The summed E-state index contributed by atoms with van der Waals surface area (Å²) in [6, 6.07) is 14.6. The fourth-order valence-corrected chi connectivity index (χ4v) is 3.21. The molecule has 0 saturated heterocycles. The van der Waals surface area contributed by atoms with Gasteiger partial charge in [0.1, 0.15) is 11.9 Å². The molecule has 0 atom stereocenters. The summed E-state index contributed by atoms with van der Waals surface area (Å²) < 4.78 is 4.40. The van der Waals surface area contributed by atoms with Gasteiger partial charge in [-0.15, -0.1) is 17.0 Å². The molecule has 0 amide bonds. The van der Waals surface area contributed by atoms with E-state index >= 15 is 0 Å². The minimum atomic E-state index is 0. The predicted octanol–water partition coefficient (Wildman–Crippen LogP) is 0.0973. The Morgan fingerprint density at radius 3 is 2.60 bits per heavy atom. The highest BCUT2D eigenvalue weighted by atomic mass is 79.9. The third-order valence-electron chi connectivity index (χ3n) is 4.87. The molecule has 8 heteroatoms. The molecule has 4 rings (SSSR count). The molecule has 2 aromatic heterocycles. The summed E-state index contributed by atoms with van der Waals surface area (Å²) >= 11 is 0. The summed E-state index contributed by atoms with van der Waals surface area (Å²) in [6.07, 6.45) is 9.31. The molecule has 0 spiro atoms. The number of nitrogens with one attached hydrogen (secondary N) is 2. The maximum atomic E-state index is 4.32. The molecule has 30 heavy (non-hydrogen) atoms. The van der Waals surface area contributed by atoms with E-state index in [0.717, 1.165) is 42.3 Å². The number of nitrogens with zero attached hydrogens (tertiary/aromatic N) is 4. The van der Waals surface area contributed by atoms with Crippen molar-refractivity contribution >= 4 is 47.0 Å². The second kappa shape index (κ2) is 11.1. The number of pyridine rings is 1. The number of aryl methyl sites for hydroxylation is 2. The molecule has 1 aromatic carbocycles. The van der Waals surface area contributed by atoms with Crippen LogP contribution in [-0.2, 0) is 7.05 Å². The Balaban J connectivity index is 0.00000160. The average molecular weight is 534 g/mol. The molecule has 1 aliphatic heterocycles. The fraction of sp³-hybridized carbons (Fsp3) is 0.227. The second-order valence-corrected chi connectivity index (χ2v) is 6.89. The van der Waals surface area contributed by atoms with Crippen LogP contribution in [0.4, 0.5) is 0 Å². The molecular formula is C22H26Br2N6. The first-order chi connectivity index (χ1) is 13.7. The van der Waals surface area contributed by atoms with Gasteiger partial charge in [-0.25, -0.2) is 9.99 Å². The summed E-state index contributed by atoms with van der Waals surface area (Å²) in [4.78, 5) is 4.32. The number of fused-ring (bicyclic) bond motifs is 1. The van der Waals surface area contributed by atoms with Gasteiger partial charge in [-0.05, 0) is 36.6 Å². The van der Waals surface area contributed by atoms with Crippen molar-refractivity contribution in [3.8, 4) is 0 Å². The molecule has 0 fully saturated rings. The van der Waals surface area contributed by atoms with Crippen molar-refractivity contribution in [2.24, 2.45) is 17.1 Å². The number of halogens is 2. The minimum Gasteiger partial charge on any atom is -1.00 e. The SMILES string of the molecule is Br.Cc1cccc2n1cc(/C=C/c1ccc(/C=N/NC3=NCCCN3)cc1)[n+]2C.[Br-]. The Morgan fingerprint density at radius 1 is 1.13 bits per heavy atom. The zero-order valence-corrected chi connectivity index (χ0v) is 20.3. The van der Waals surface area contributed by atoms with Crippen LogP contribution in [0.1, 0.15) is 28.9 Å². The molecule has 1 aliphatic rings. The number of aliphatic imine (C=N–C) groups is 1. The molecule has 0 bridgehead atoms. The number of hydrogen-bond donors (Lipinski definition) is 2. The summed E-state index contributed by atoms with van der Waals surface area (Å²) in [5.74, 6) is 0.741. The van der Waals surface area contributed by atoms with E-state index in [4.69, 9.17) is 0 Å². The van der Waals surface area contributed by atoms with E-state index in [1.165, 1.54) is 11.3 Å². The van der Waals surface area contributed by atoms with Crippen LogP contribution in [0.15, 0.2) is 58.8 Å². The average Bonchev–Trinajstić information content (AvgIpc) is 3.05. The van der Waals surface area contributed by atoms with Crippen LogP contribution < -0.4 is 32.3 Å². The third-order valence-corrected chi connectivity index (χ3v) is 4.87. The van der Waals surface area contributed by atoms with E-state index < -0.39 is 0 Å². The zero-order valence-electron chi connectivity index (χ0n) is 17.0. The van der Waals surface area contributed by atoms with Gasteiger partial charge in [-0.2, -0.15) is 9.50 Å². The van der Waals surface area contributed by atoms with Crippen molar-refractivity contribution in [3.63, 3.8) is 0 Å². The van der Waals surface area contributed by atoms with Gasteiger partial charge in [0.25, 0.3) is 5.65 Å². The van der Waals surface area contributed by atoms with Crippen molar-refractivity contribution in [3.05, 3.63) is 71.2 Å². The lowest BCUT2D eigenvalue weighted by atomic mass is 10.1. The van der Waals surface area contributed by atoms with Gasteiger partial charge in [0.2, 0.25) is 5.96 Å². The first-order valence-electron chi connectivity index (χ1n) is 9.53. The van der Waals surface area contributed by atoms with Gasteiger partial charge in [0.05, 0.1) is 13.3 Å². The van der Waals surface area contributed by atoms with Crippen LogP contribution in [0.3, 0.4) is 0 Å². The van der Waals surface area contributed by atoms with E-state index in [2.05, 4.69) is 105 Å².